The first kappa shape index (κ1) is 17.9. The van der Waals surface area contributed by atoms with Gasteiger partial charge in [0.1, 0.15) is 5.52 Å². The number of thioether (sulfide) groups is 1. The summed E-state index contributed by atoms with van der Waals surface area (Å²) < 4.78 is 2.13. The van der Waals surface area contributed by atoms with Crippen molar-refractivity contribution in [1.82, 2.24) is 24.7 Å². The van der Waals surface area contributed by atoms with Gasteiger partial charge >= 0.3 is 0 Å². The van der Waals surface area contributed by atoms with Gasteiger partial charge in [0, 0.05) is 34.6 Å². The van der Waals surface area contributed by atoms with E-state index in [1.165, 1.54) is 11.8 Å². The molecule has 0 aliphatic carbocycles. The quantitative estimate of drug-likeness (QED) is 0.337. The molecule has 3 heterocycles. The van der Waals surface area contributed by atoms with Crippen LogP contribution in [0.15, 0.2) is 59.9 Å². The van der Waals surface area contributed by atoms with Gasteiger partial charge in [0.2, 0.25) is 5.16 Å². The lowest BCUT2D eigenvalue weighted by Crippen LogP contribution is -2.14. The van der Waals surface area contributed by atoms with E-state index in [9.17, 15) is 4.79 Å². The van der Waals surface area contributed by atoms with Crippen LogP contribution in [0.3, 0.4) is 0 Å². The SMILES string of the molecule is CCn1c2ccccc2c2nnc(SC(C)C(=O)c3c[nH]c4ccccc34)nc21. The van der Waals surface area contributed by atoms with Crippen molar-refractivity contribution < 1.29 is 4.79 Å². The predicted octanol–water partition coefficient (Wildman–Crippen LogP) is 4.84. The van der Waals surface area contributed by atoms with E-state index in [0.29, 0.717) is 10.7 Å². The Balaban J connectivity index is 1.49. The Morgan fingerprint density at radius 3 is 2.69 bits per heavy atom. The molecule has 2 aromatic carbocycles. The molecule has 0 bridgehead atoms. The van der Waals surface area contributed by atoms with Crippen LogP contribution in [0.2, 0.25) is 0 Å². The van der Waals surface area contributed by atoms with Gasteiger partial charge in [-0.25, -0.2) is 4.98 Å². The number of aromatic amines is 1. The van der Waals surface area contributed by atoms with Gasteiger partial charge in [0.25, 0.3) is 0 Å². The average Bonchev–Trinajstić information content (AvgIpc) is 3.32. The lowest BCUT2D eigenvalue weighted by Gasteiger charge is -2.08. The molecule has 0 aliphatic heterocycles. The van der Waals surface area contributed by atoms with Crippen molar-refractivity contribution in [1.29, 1.82) is 0 Å². The van der Waals surface area contributed by atoms with Crippen LogP contribution < -0.4 is 0 Å². The summed E-state index contributed by atoms with van der Waals surface area (Å²) in [7, 11) is 0. The van der Waals surface area contributed by atoms with Gasteiger partial charge in [-0.2, -0.15) is 0 Å². The maximum Gasteiger partial charge on any atom is 0.211 e. The van der Waals surface area contributed by atoms with Crippen LogP contribution in [0, 0.1) is 0 Å². The first-order valence-corrected chi connectivity index (χ1v) is 10.4. The van der Waals surface area contributed by atoms with E-state index in [-0.39, 0.29) is 11.0 Å². The van der Waals surface area contributed by atoms with Gasteiger partial charge in [-0.15, -0.1) is 10.2 Å². The van der Waals surface area contributed by atoms with E-state index in [4.69, 9.17) is 4.98 Å². The average molecular weight is 401 g/mol. The van der Waals surface area contributed by atoms with E-state index in [1.807, 2.05) is 49.4 Å². The van der Waals surface area contributed by atoms with Gasteiger partial charge in [-0.3, -0.25) is 4.79 Å². The van der Waals surface area contributed by atoms with Crippen molar-refractivity contribution in [3.05, 3.63) is 60.3 Å². The fraction of sp³-hybridized carbons (Fsp3) is 0.182. The third kappa shape index (κ3) is 2.89. The number of fused-ring (bicyclic) bond motifs is 4. The monoisotopic (exact) mass is 401 g/mol. The molecule has 0 fully saturated rings. The first-order valence-electron chi connectivity index (χ1n) is 9.56. The molecular formula is C22H19N5OS. The summed E-state index contributed by atoms with van der Waals surface area (Å²) in [6.07, 6.45) is 1.78. The highest BCUT2D eigenvalue weighted by Gasteiger charge is 2.22. The predicted molar refractivity (Wildman–Crippen MR) is 116 cm³/mol. The van der Waals surface area contributed by atoms with Crippen LogP contribution in [0.5, 0.6) is 0 Å². The third-order valence-electron chi connectivity index (χ3n) is 5.18. The van der Waals surface area contributed by atoms with E-state index in [2.05, 4.69) is 32.7 Å². The molecule has 1 N–H and O–H groups in total. The smallest absolute Gasteiger partial charge is 0.211 e. The van der Waals surface area contributed by atoms with Gasteiger partial charge in [0.15, 0.2) is 11.4 Å². The number of carbonyl (C=O) groups excluding carboxylic acids is 1. The summed E-state index contributed by atoms with van der Waals surface area (Å²) in [6, 6.07) is 15.9. The van der Waals surface area contributed by atoms with Crippen molar-refractivity contribution >= 4 is 50.5 Å². The van der Waals surface area contributed by atoms with Crippen LogP contribution in [0.1, 0.15) is 24.2 Å². The zero-order valence-electron chi connectivity index (χ0n) is 16.1. The van der Waals surface area contributed by atoms with E-state index in [1.54, 1.807) is 6.20 Å². The number of para-hydroxylation sites is 2. The number of rotatable bonds is 5. The number of ketones is 1. The molecular weight excluding hydrogens is 382 g/mol. The molecule has 3 aromatic heterocycles. The lowest BCUT2D eigenvalue weighted by molar-refractivity contribution is 0.0995. The maximum absolute atomic E-state index is 13.0. The van der Waals surface area contributed by atoms with Crippen molar-refractivity contribution in [3.8, 4) is 0 Å². The number of aryl methyl sites for hydroxylation is 1. The first-order chi connectivity index (χ1) is 14.2. The zero-order chi connectivity index (χ0) is 20.0. The molecule has 0 aliphatic rings. The summed E-state index contributed by atoms with van der Waals surface area (Å²) in [5, 5.41) is 10.9. The number of hydrogen-bond acceptors (Lipinski definition) is 5. The van der Waals surface area contributed by atoms with Crippen LogP contribution in [0.4, 0.5) is 0 Å². The Hall–Kier alpha value is -3.19. The number of benzene rings is 2. The van der Waals surface area contributed by atoms with E-state index < -0.39 is 0 Å². The van der Waals surface area contributed by atoms with Crippen LogP contribution in [-0.4, -0.2) is 35.8 Å². The minimum absolute atomic E-state index is 0.0483. The summed E-state index contributed by atoms with van der Waals surface area (Å²) in [5.41, 5.74) is 4.34. The second kappa shape index (κ2) is 7.00. The summed E-state index contributed by atoms with van der Waals surface area (Å²) >= 11 is 1.34. The fourth-order valence-electron chi connectivity index (χ4n) is 3.77. The molecule has 1 atom stereocenters. The second-order valence-electron chi connectivity index (χ2n) is 6.90. The molecule has 0 radical (unpaired) electrons. The molecule has 5 rings (SSSR count). The third-order valence-corrected chi connectivity index (χ3v) is 6.13. The molecule has 0 spiro atoms. The van der Waals surface area contributed by atoms with Gasteiger partial charge in [-0.1, -0.05) is 48.2 Å². The highest BCUT2D eigenvalue weighted by atomic mass is 32.2. The Bertz CT molecular complexity index is 1370. The molecule has 5 aromatic rings. The standard InChI is InChI=1S/C22H19N5OS/c1-3-27-18-11-7-5-9-15(18)19-21(27)24-22(26-25-19)29-13(2)20(28)16-12-23-17-10-6-4-8-14(16)17/h4-13,23H,3H2,1-2H3. The lowest BCUT2D eigenvalue weighted by atomic mass is 10.1. The number of Topliss-reactive ketones (excluding diaryl/α,β-unsaturated/α-hetero) is 1. The Labute approximate surface area is 171 Å². The summed E-state index contributed by atoms with van der Waals surface area (Å²) in [5.74, 6) is 0.0483. The molecule has 0 saturated carbocycles. The van der Waals surface area contributed by atoms with Crippen molar-refractivity contribution in [2.24, 2.45) is 0 Å². The van der Waals surface area contributed by atoms with Crippen molar-refractivity contribution in [2.75, 3.05) is 0 Å². The number of hydrogen-bond donors (Lipinski definition) is 1. The topological polar surface area (TPSA) is 76.5 Å². The Morgan fingerprint density at radius 1 is 1.10 bits per heavy atom. The number of nitrogens with one attached hydrogen (secondary N) is 1. The van der Waals surface area contributed by atoms with Gasteiger partial charge in [-0.05, 0) is 26.0 Å². The van der Waals surface area contributed by atoms with E-state index >= 15 is 0 Å². The Kier molecular flexibility index (Phi) is 4.32. The van der Waals surface area contributed by atoms with Crippen LogP contribution in [-0.2, 0) is 6.54 Å². The minimum atomic E-state index is -0.326. The largest absolute Gasteiger partial charge is 0.360 e. The number of nitrogens with zero attached hydrogens (tertiary/aromatic N) is 4. The highest BCUT2D eigenvalue weighted by molar-refractivity contribution is 8.00. The maximum atomic E-state index is 13.0. The molecule has 0 saturated heterocycles. The Morgan fingerprint density at radius 2 is 1.86 bits per heavy atom. The van der Waals surface area contributed by atoms with Crippen molar-refractivity contribution in [2.45, 2.75) is 30.8 Å². The van der Waals surface area contributed by atoms with Crippen molar-refractivity contribution in [3.63, 3.8) is 0 Å². The fourth-order valence-corrected chi connectivity index (χ4v) is 4.54. The molecule has 29 heavy (non-hydrogen) atoms. The second-order valence-corrected chi connectivity index (χ2v) is 8.21. The molecule has 1 unspecified atom stereocenters. The number of aromatic nitrogens is 5. The van der Waals surface area contributed by atoms with Crippen LogP contribution >= 0.6 is 11.8 Å². The zero-order valence-corrected chi connectivity index (χ0v) is 16.9. The molecule has 0 amide bonds. The van der Waals surface area contributed by atoms with E-state index in [0.717, 1.165) is 39.5 Å². The summed E-state index contributed by atoms with van der Waals surface area (Å²) in [4.78, 5) is 20.9. The normalized spacial score (nSPS) is 12.8. The van der Waals surface area contributed by atoms with Gasteiger partial charge < -0.3 is 9.55 Å². The highest BCUT2D eigenvalue weighted by Crippen LogP contribution is 2.29. The van der Waals surface area contributed by atoms with Gasteiger partial charge in [0.05, 0.1) is 10.8 Å². The van der Waals surface area contributed by atoms with Crippen LogP contribution in [0.25, 0.3) is 33.0 Å². The summed E-state index contributed by atoms with van der Waals surface area (Å²) in [6.45, 7) is 4.76. The molecule has 7 heteroatoms. The number of H-pyrrole nitrogens is 1. The minimum Gasteiger partial charge on any atom is -0.360 e. The molecule has 144 valence electrons. The number of carbonyl (C=O) groups is 1. The molecule has 6 nitrogen and oxygen atoms in total.